The van der Waals surface area contributed by atoms with Crippen LogP contribution in [0.25, 0.3) is 0 Å². The van der Waals surface area contributed by atoms with Gasteiger partial charge in [-0.2, -0.15) is 0 Å². The Morgan fingerprint density at radius 2 is 1.86 bits per heavy atom. The summed E-state index contributed by atoms with van der Waals surface area (Å²) < 4.78 is 5.17. The number of rotatable bonds is 6. The third-order valence-corrected chi connectivity index (χ3v) is 4.66. The van der Waals surface area contributed by atoms with Crippen molar-refractivity contribution in [2.45, 2.75) is 51.0 Å². The Morgan fingerprint density at radius 3 is 2.38 bits per heavy atom. The number of methoxy groups -OCH3 is 1. The van der Waals surface area contributed by atoms with Gasteiger partial charge in [0.25, 0.3) is 0 Å². The highest BCUT2D eigenvalue weighted by Crippen LogP contribution is 2.45. The summed E-state index contributed by atoms with van der Waals surface area (Å²) in [4.78, 5) is 11.4. The monoisotopic (exact) mass is 290 g/mol. The van der Waals surface area contributed by atoms with Crippen molar-refractivity contribution in [3.05, 3.63) is 29.8 Å². The van der Waals surface area contributed by atoms with E-state index in [0.29, 0.717) is 6.42 Å². The van der Waals surface area contributed by atoms with Crippen LogP contribution >= 0.6 is 0 Å². The Labute approximate surface area is 126 Å². The summed E-state index contributed by atoms with van der Waals surface area (Å²) in [7, 11) is 1.65. The molecule has 1 aliphatic rings. The predicted molar refractivity (Wildman–Crippen MR) is 83.9 cm³/mol. The van der Waals surface area contributed by atoms with E-state index in [1.165, 1.54) is 19.3 Å². The third kappa shape index (κ3) is 4.21. The van der Waals surface area contributed by atoms with Gasteiger partial charge in [-0.15, -0.1) is 0 Å². The molecule has 1 aromatic carbocycles. The Morgan fingerprint density at radius 1 is 1.24 bits per heavy atom. The van der Waals surface area contributed by atoms with E-state index in [2.05, 4.69) is 0 Å². The number of ether oxygens (including phenoxy) is 1. The highest BCUT2D eigenvalue weighted by atomic mass is 16.5. The molecule has 1 aromatic rings. The van der Waals surface area contributed by atoms with Crippen LogP contribution in [0.15, 0.2) is 24.3 Å². The van der Waals surface area contributed by atoms with E-state index in [4.69, 9.17) is 16.2 Å². The second-order valence-electron chi connectivity index (χ2n) is 6.29. The van der Waals surface area contributed by atoms with Crippen molar-refractivity contribution in [3.8, 4) is 5.75 Å². The zero-order valence-corrected chi connectivity index (χ0v) is 12.8. The van der Waals surface area contributed by atoms with E-state index >= 15 is 0 Å². The second-order valence-corrected chi connectivity index (χ2v) is 6.29. The van der Waals surface area contributed by atoms with Gasteiger partial charge in [-0.05, 0) is 42.4 Å². The molecule has 0 aromatic heterocycles. The van der Waals surface area contributed by atoms with Gasteiger partial charge < -0.3 is 16.2 Å². The first-order valence-electron chi connectivity index (χ1n) is 7.72. The van der Waals surface area contributed by atoms with Gasteiger partial charge in [-0.3, -0.25) is 4.79 Å². The van der Waals surface area contributed by atoms with Crippen LogP contribution in [-0.2, 0) is 4.79 Å². The van der Waals surface area contributed by atoms with Crippen molar-refractivity contribution in [2.24, 2.45) is 16.9 Å². The first-order valence-corrected chi connectivity index (χ1v) is 7.72. The molecule has 0 saturated heterocycles. The van der Waals surface area contributed by atoms with Crippen LogP contribution in [0, 0.1) is 5.41 Å². The Kier molecular flexibility index (Phi) is 5.23. The summed E-state index contributed by atoms with van der Waals surface area (Å²) in [6.45, 7) is 0. The zero-order chi connectivity index (χ0) is 15.3. The molecule has 1 amide bonds. The quantitative estimate of drug-likeness (QED) is 0.845. The number of amides is 1. The van der Waals surface area contributed by atoms with Crippen molar-refractivity contribution in [3.63, 3.8) is 0 Å². The molecular weight excluding hydrogens is 264 g/mol. The molecule has 1 unspecified atom stereocenters. The van der Waals surface area contributed by atoms with Gasteiger partial charge >= 0.3 is 0 Å². The number of hydrogen-bond acceptors (Lipinski definition) is 3. The molecule has 4 N–H and O–H groups in total. The van der Waals surface area contributed by atoms with Crippen molar-refractivity contribution in [1.29, 1.82) is 0 Å². The van der Waals surface area contributed by atoms with Gasteiger partial charge in [0.1, 0.15) is 5.75 Å². The molecule has 4 nitrogen and oxygen atoms in total. The zero-order valence-electron chi connectivity index (χ0n) is 12.8. The first kappa shape index (κ1) is 15.8. The minimum absolute atomic E-state index is 0.0105. The van der Waals surface area contributed by atoms with Gasteiger partial charge in [-0.25, -0.2) is 0 Å². The minimum atomic E-state index is -0.209. The summed E-state index contributed by atoms with van der Waals surface area (Å²) in [6.07, 6.45) is 6.97. The normalized spacial score (nSPS) is 19.0. The van der Waals surface area contributed by atoms with E-state index < -0.39 is 0 Å². The molecule has 0 radical (unpaired) electrons. The molecule has 21 heavy (non-hydrogen) atoms. The molecule has 1 atom stereocenters. The van der Waals surface area contributed by atoms with Crippen LogP contribution in [0.2, 0.25) is 0 Å². The fraction of sp³-hybridized carbons (Fsp3) is 0.588. The van der Waals surface area contributed by atoms with Crippen molar-refractivity contribution >= 4 is 5.91 Å². The van der Waals surface area contributed by atoms with Crippen LogP contribution in [0.3, 0.4) is 0 Å². The van der Waals surface area contributed by atoms with Crippen molar-refractivity contribution < 1.29 is 9.53 Å². The number of primary amides is 1. The number of nitrogens with two attached hydrogens (primary N) is 2. The van der Waals surface area contributed by atoms with Gasteiger partial charge in [0, 0.05) is 12.5 Å². The lowest BCUT2D eigenvalue weighted by Crippen LogP contribution is -2.33. The Bertz CT molecular complexity index is 464. The molecule has 116 valence electrons. The molecule has 4 heteroatoms. The van der Waals surface area contributed by atoms with Gasteiger partial charge in [0.2, 0.25) is 5.91 Å². The first-order chi connectivity index (χ1) is 10.0. The standard InChI is InChI=1S/C17H26N2O2/c1-21-14-7-5-13(6-8-14)15(18)11-17(12-16(19)20)9-3-2-4-10-17/h5-8,15H,2-4,9-12,18H2,1H3,(H2,19,20). The maximum Gasteiger partial charge on any atom is 0.217 e. The average Bonchev–Trinajstić information content (AvgIpc) is 2.47. The Balaban J connectivity index is 2.09. The van der Waals surface area contributed by atoms with Crippen LogP contribution in [0.1, 0.15) is 56.6 Å². The molecule has 1 saturated carbocycles. The van der Waals surface area contributed by atoms with Gasteiger partial charge in [0.15, 0.2) is 0 Å². The highest BCUT2D eigenvalue weighted by molar-refractivity contribution is 5.74. The smallest absolute Gasteiger partial charge is 0.217 e. The molecule has 1 fully saturated rings. The summed E-state index contributed by atoms with van der Waals surface area (Å²) >= 11 is 0. The second kappa shape index (κ2) is 6.94. The summed E-state index contributed by atoms with van der Waals surface area (Å²) in [5.41, 5.74) is 12.9. The fourth-order valence-corrected chi connectivity index (χ4v) is 3.56. The van der Waals surface area contributed by atoms with Crippen molar-refractivity contribution in [2.75, 3.05) is 7.11 Å². The predicted octanol–water partition coefficient (Wildman–Crippen LogP) is 2.91. The number of carbonyl (C=O) groups excluding carboxylic acids is 1. The number of hydrogen-bond donors (Lipinski definition) is 2. The van der Waals surface area contributed by atoms with Gasteiger partial charge in [0.05, 0.1) is 7.11 Å². The lowest BCUT2D eigenvalue weighted by atomic mass is 9.67. The molecule has 2 rings (SSSR count). The molecule has 0 spiro atoms. The van der Waals surface area contributed by atoms with E-state index in [0.717, 1.165) is 30.6 Å². The lowest BCUT2D eigenvalue weighted by Gasteiger charge is -2.38. The molecule has 0 bridgehead atoms. The van der Waals surface area contributed by atoms with E-state index in [1.807, 2.05) is 24.3 Å². The lowest BCUT2D eigenvalue weighted by molar-refractivity contribution is -0.121. The molecule has 0 heterocycles. The van der Waals surface area contributed by atoms with E-state index in [9.17, 15) is 4.79 Å². The summed E-state index contributed by atoms with van der Waals surface area (Å²) in [5.74, 6) is 0.620. The largest absolute Gasteiger partial charge is 0.497 e. The van der Waals surface area contributed by atoms with Gasteiger partial charge in [-0.1, -0.05) is 31.4 Å². The average molecular weight is 290 g/mol. The highest BCUT2D eigenvalue weighted by Gasteiger charge is 2.35. The van der Waals surface area contributed by atoms with Crippen LogP contribution in [-0.4, -0.2) is 13.0 Å². The number of benzene rings is 1. The molecular formula is C17H26N2O2. The molecule has 0 aliphatic heterocycles. The van der Waals surface area contributed by atoms with Crippen LogP contribution in [0.5, 0.6) is 5.75 Å². The minimum Gasteiger partial charge on any atom is -0.497 e. The number of carbonyl (C=O) groups is 1. The SMILES string of the molecule is COc1ccc(C(N)CC2(CC(N)=O)CCCCC2)cc1. The van der Waals surface area contributed by atoms with Crippen LogP contribution < -0.4 is 16.2 Å². The molecule has 1 aliphatic carbocycles. The summed E-state index contributed by atoms with van der Waals surface area (Å²) in [5, 5.41) is 0. The van der Waals surface area contributed by atoms with E-state index in [-0.39, 0.29) is 17.4 Å². The Hall–Kier alpha value is -1.55. The maximum atomic E-state index is 11.4. The third-order valence-electron chi connectivity index (χ3n) is 4.66. The topological polar surface area (TPSA) is 78.3 Å². The van der Waals surface area contributed by atoms with Crippen molar-refractivity contribution in [1.82, 2.24) is 0 Å². The van der Waals surface area contributed by atoms with Crippen LogP contribution in [0.4, 0.5) is 0 Å². The maximum absolute atomic E-state index is 11.4. The van der Waals surface area contributed by atoms with E-state index in [1.54, 1.807) is 7.11 Å². The fourth-order valence-electron chi connectivity index (χ4n) is 3.56. The summed E-state index contributed by atoms with van der Waals surface area (Å²) in [6, 6.07) is 7.80.